The molecule has 1 aliphatic rings. The van der Waals surface area contributed by atoms with Crippen LogP contribution in [0.5, 0.6) is 0 Å². The first kappa shape index (κ1) is 15.4. The SMILES string of the molecule is Cc1cccc(N(C)C(=O)c2[nH]nc3c2CCc2nccc(F)c2-3)n1. The van der Waals surface area contributed by atoms with Gasteiger partial charge in [-0.25, -0.2) is 9.37 Å². The fourth-order valence-electron chi connectivity index (χ4n) is 3.14. The molecule has 126 valence electrons. The highest BCUT2D eigenvalue weighted by molar-refractivity contribution is 6.06. The Balaban J connectivity index is 1.74. The van der Waals surface area contributed by atoms with Crippen LogP contribution in [0.2, 0.25) is 0 Å². The molecule has 0 saturated carbocycles. The monoisotopic (exact) mass is 337 g/mol. The third kappa shape index (κ3) is 2.48. The van der Waals surface area contributed by atoms with Crippen molar-refractivity contribution >= 4 is 11.7 Å². The Bertz CT molecular complexity index is 981. The van der Waals surface area contributed by atoms with E-state index in [0.717, 1.165) is 11.3 Å². The molecule has 4 rings (SSSR count). The van der Waals surface area contributed by atoms with E-state index in [1.165, 1.54) is 17.2 Å². The van der Waals surface area contributed by atoms with E-state index in [-0.39, 0.29) is 11.7 Å². The van der Waals surface area contributed by atoms with Crippen LogP contribution in [-0.2, 0) is 12.8 Å². The van der Waals surface area contributed by atoms with Crippen molar-refractivity contribution in [2.45, 2.75) is 19.8 Å². The van der Waals surface area contributed by atoms with Gasteiger partial charge in [-0.3, -0.25) is 19.8 Å². The summed E-state index contributed by atoms with van der Waals surface area (Å²) in [5.41, 5.74) is 3.45. The van der Waals surface area contributed by atoms with Crippen molar-refractivity contribution in [1.29, 1.82) is 0 Å². The molecule has 0 saturated heterocycles. The fraction of sp³-hybridized carbons (Fsp3) is 0.222. The number of aromatic amines is 1. The second-order valence-electron chi connectivity index (χ2n) is 6.04. The van der Waals surface area contributed by atoms with Crippen LogP contribution in [0.1, 0.15) is 27.4 Å². The summed E-state index contributed by atoms with van der Waals surface area (Å²) in [6.45, 7) is 1.87. The van der Waals surface area contributed by atoms with Crippen LogP contribution in [0.25, 0.3) is 11.3 Å². The van der Waals surface area contributed by atoms with E-state index in [1.807, 2.05) is 19.1 Å². The number of carbonyl (C=O) groups is 1. The zero-order valence-electron chi connectivity index (χ0n) is 13.9. The summed E-state index contributed by atoms with van der Waals surface area (Å²) < 4.78 is 14.2. The number of H-pyrrole nitrogens is 1. The lowest BCUT2D eigenvalue weighted by Crippen LogP contribution is -2.28. The smallest absolute Gasteiger partial charge is 0.277 e. The van der Waals surface area contributed by atoms with Crippen LogP contribution in [0, 0.1) is 12.7 Å². The molecule has 0 spiro atoms. The average Bonchev–Trinajstić information content (AvgIpc) is 3.04. The first-order valence-electron chi connectivity index (χ1n) is 7.99. The number of hydrogen-bond acceptors (Lipinski definition) is 4. The summed E-state index contributed by atoms with van der Waals surface area (Å²) >= 11 is 0. The Kier molecular flexibility index (Phi) is 3.56. The standard InChI is InChI=1S/C18H16FN5O/c1-10-4-3-5-14(21-10)24(2)18(25)17-11-6-7-13-15(16(11)22-23-17)12(19)8-9-20-13/h3-5,8-9H,6-7H2,1-2H3,(H,22,23). The molecular formula is C18H16FN5O. The molecule has 0 radical (unpaired) electrons. The van der Waals surface area contributed by atoms with Gasteiger partial charge in [0.1, 0.15) is 23.0 Å². The molecule has 0 fully saturated rings. The maximum absolute atomic E-state index is 14.2. The molecule has 1 N–H and O–H groups in total. The second-order valence-corrected chi connectivity index (χ2v) is 6.04. The molecule has 0 aromatic carbocycles. The number of carbonyl (C=O) groups excluding carboxylic acids is 1. The lowest BCUT2D eigenvalue weighted by molar-refractivity contribution is 0.0986. The number of rotatable bonds is 2. The maximum atomic E-state index is 14.2. The Morgan fingerprint density at radius 1 is 1.28 bits per heavy atom. The molecule has 1 aliphatic carbocycles. The van der Waals surface area contributed by atoms with Gasteiger partial charge in [-0.1, -0.05) is 6.07 Å². The van der Waals surface area contributed by atoms with E-state index >= 15 is 0 Å². The number of aromatic nitrogens is 4. The molecule has 0 aliphatic heterocycles. The van der Waals surface area contributed by atoms with E-state index in [2.05, 4.69) is 20.2 Å². The van der Waals surface area contributed by atoms with Crippen LogP contribution >= 0.6 is 0 Å². The third-order valence-corrected chi connectivity index (χ3v) is 4.43. The van der Waals surface area contributed by atoms with Gasteiger partial charge in [-0.2, -0.15) is 5.10 Å². The highest BCUT2D eigenvalue weighted by atomic mass is 19.1. The first-order valence-corrected chi connectivity index (χ1v) is 7.99. The van der Waals surface area contributed by atoms with E-state index in [1.54, 1.807) is 13.1 Å². The predicted octanol–water partition coefficient (Wildman–Crippen LogP) is 2.69. The zero-order chi connectivity index (χ0) is 17.6. The van der Waals surface area contributed by atoms with Gasteiger partial charge in [0.15, 0.2) is 0 Å². The van der Waals surface area contributed by atoms with Crippen molar-refractivity contribution in [2.24, 2.45) is 0 Å². The van der Waals surface area contributed by atoms with Crippen LogP contribution in [0.3, 0.4) is 0 Å². The van der Waals surface area contributed by atoms with Crippen molar-refractivity contribution in [1.82, 2.24) is 20.2 Å². The zero-order valence-corrected chi connectivity index (χ0v) is 13.9. The van der Waals surface area contributed by atoms with E-state index < -0.39 is 0 Å². The van der Waals surface area contributed by atoms with Crippen molar-refractivity contribution in [2.75, 3.05) is 11.9 Å². The Hall–Kier alpha value is -3.09. The van der Waals surface area contributed by atoms with Gasteiger partial charge in [-0.05, 0) is 38.0 Å². The molecule has 0 unspecified atom stereocenters. The van der Waals surface area contributed by atoms with E-state index in [9.17, 15) is 9.18 Å². The minimum Gasteiger partial charge on any atom is -0.294 e. The highest BCUT2D eigenvalue weighted by Gasteiger charge is 2.29. The van der Waals surface area contributed by atoms with Crippen LogP contribution < -0.4 is 4.90 Å². The third-order valence-electron chi connectivity index (χ3n) is 4.43. The Morgan fingerprint density at radius 3 is 2.92 bits per heavy atom. The van der Waals surface area contributed by atoms with Gasteiger partial charge in [0.05, 0.1) is 11.3 Å². The first-order chi connectivity index (χ1) is 12.1. The number of aryl methyl sites for hydroxylation is 2. The molecule has 25 heavy (non-hydrogen) atoms. The number of nitrogens with zero attached hydrogens (tertiary/aromatic N) is 4. The molecule has 0 atom stereocenters. The minimum atomic E-state index is -0.370. The lowest BCUT2D eigenvalue weighted by atomic mass is 9.92. The summed E-state index contributed by atoms with van der Waals surface area (Å²) in [4.78, 5) is 23.0. The van der Waals surface area contributed by atoms with Crippen molar-refractivity contribution < 1.29 is 9.18 Å². The summed E-state index contributed by atoms with van der Waals surface area (Å²) in [5.74, 6) is -0.0674. The van der Waals surface area contributed by atoms with Gasteiger partial charge >= 0.3 is 0 Å². The number of nitrogens with one attached hydrogen (secondary N) is 1. The normalized spacial score (nSPS) is 12.4. The number of amides is 1. The number of halogens is 1. The quantitative estimate of drug-likeness (QED) is 0.780. The van der Waals surface area contributed by atoms with Gasteiger partial charge in [0.2, 0.25) is 0 Å². The highest BCUT2D eigenvalue weighted by Crippen LogP contribution is 2.34. The van der Waals surface area contributed by atoms with Gasteiger partial charge in [0, 0.05) is 24.5 Å². The van der Waals surface area contributed by atoms with Crippen molar-refractivity contribution in [3.63, 3.8) is 0 Å². The van der Waals surface area contributed by atoms with Crippen LogP contribution in [-0.4, -0.2) is 33.1 Å². The minimum absolute atomic E-state index is 0.250. The lowest BCUT2D eigenvalue weighted by Gasteiger charge is -2.18. The Labute approximate surface area is 143 Å². The number of anilines is 1. The van der Waals surface area contributed by atoms with Gasteiger partial charge in [-0.15, -0.1) is 0 Å². The molecule has 3 aromatic heterocycles. The summed E-state index contributed by atoms with van der Waals surface area (Å²) in [5, 5.41) is 6.99. The molecule has 0 bridgehead atoms. The van der Waals surface area contributed by atoms with E-state index in [4.69, 9.17) is 0 Å². The Morgan fingerprint density at radius 2 is 2.12 bits per heavy atom. The average molecular weight is 337 g/mol. The second kappa shape index (κ2) is 5.77. The van der Waals surface area contributed by atoms with Crippen LogP contribution in [0.15, 0.2) is 30.5 Å². The summed E-state index contributed by atoms with van der Waals surface area (Å²) in [6.07, 6.45) is 2.62. The maximum Gasteiger partial charge on any atom is 0.277 e. The van der Waals surface area contributed by atoms with Gasteiger partial charge in [0.25, 0.3) is 5.91 Å². The van der Waals surface area contributed by atoms with Gasteiger partial charge < -0.3 is 0 Å². The number of hydrogen-bond donors (Lipinski definition) is 1. The molecule has 6 nitrogen and oxygen atoms in total. The molecule has 3 aromatic rings. The number of fused-ring (bicyclic) bond motifs is 3. The topological polar surface area (TPSA) is 74.8 Å². The largest absolute Gasteiger partial charge is 0.294 e. The van der Waals surface area contributed by atoms with Crippen molar-refractivity contribution in [3.05, 3.63) is 58.9 Å². The summed E-state index contributed by atoms with van der Waals surface area (Å²) in [7, 11) is 1.66. The fourth-order valence-corrected chi connectivity index (χ4v) is 3.14. The van der Waals surface area contributed by atoms with Crippen molar-refractivity contribution in [3.8, 4) is 11.3 Å². The van der Waals surface area contributed by atoms with Crippen LogP contribution in [0.4, 0.5) is 10.2 Å². The summed E-state index contributed by atoms with van der Waals surface area (Å²) in [6, 6.07) is 6.80. The molecule has 3 heterocycles. The predicted molar refractivity (Wildman–Crippen MR) is 90.9 cm³/mol. The van der Waals surface area contributed by atoms with E-state index in [0.29, 0.717) is 41.3 Å². The number of pyridine rings is 2. The molecule has 7 heteroatoms. The molecular weight excluding hydrogens is 321 g/mol. The molecule has 1 amide bonds.